The van der Waals surface area contributed by atoms with E-state index < -0.39 is 12.1 Å². The molecule has 5 rings (SSSR count). The molecule has 0 saturated heterocycles. The number of hydrogen-bond acceptors (Lipinski definition) is 7. The highest BCUT2D eigenvalue weighted by atomic mass is 16.5. The van der Waals surface area contributed by atoms with Crippen LogP contribution in [0.2, 0.25) is 0 Å². The first kappa shape index (κ1) is 33.7. The second kappa shape index (κ2) is 13.2. The number of Topliss-reactive ketones (excluding diaryl/α,β-unsaturated/α-hetero) is 1. The molecule has 7 heteroatoms. The van der Waals surface area contributed by atoms with Crippen LogP contribution in [0.4, 0.5) is 0 Å². The number of para-hydroxylation sites is 1. The standard InChI is InChI=1S/C40H45NO6/c1-22-15-24(3)30(16-23(22)2)37(42)25(4)47-39(43)35-29-13-11-12-14-32(29)41-36-27(20-28(21-31(35)36)40(5,6)7)17-26-18-33(44-8)38(46-10)34(19-26)45-9/h11-19,25,28H,20-21H2,1-10H3/b27-17+/t25-,28-/m1/s1. The summed E-state index contributed by atoms with van der Waals surface area (Å²) >= 11 is 0. The number of aryl methyl sites for hydroxylation is 3. The Kier molecular flexibility index (Phi) is 9.48. The van der Waals surface area contributed by atoms with Gasteiger partial charge >= 0.3 is 5.97 Å². The average Bonchev–Trinajstić information content (AvgIpc) is 3.03. The number of fused-ring (bicyclic) bond motifs is 2. The van der Waals surface area contributed by atoms with Crippen LogP contribution in [-0.4, -0.2) is 44.2 Å². The number of rotatable bonds is 8. The van der Waals surface area contributed by atoms with E-state index in [2.05, 4.69) is 26.8 Å². The smallest absolute Gasteiger partial charge is 0.339 e. The SMILES string of the molecule is COc1cc(/C=C2\C[C@@H](C(C)(C)C)Cc3c2nc2ccccc2c3C(=O)O[C@H](C)C(=O)c2cc(C)c(C)cc2C)cc(OC)c1OC. The van der Waals surface area contributed by atoms with Gasteiger partial charge in [0.25, 0.3) is 0 Å². The van der Waals surface area contributed by atoms with Gasteiger partial charge in [0.15, 0.2) is 17.6 Å². The highest BCUT2D eigenvalue weighted by Crippen LogP contribution is 2.46. The fourth-order valence-electron chi connectivity index (χ4n) is 6.47. The van der Waals surface area contributed by atoms with Crippen LogP contribution >= 0.6 is 0 Å². The Morgan fingerprint density at radius 2 is 1.51 bits per heavy atom. The maximum Gasteiger partial charge on any atom is 0.339 e. The number of carbonyl (C=O) groups excluding carboxylic acids is 2. The lowest BCUT2D eigenvalue weighted by atomic mass is 9.69. The maximum absolute atomic E-state index is 14.3. The molecular formula is C40H45NO6. The van der Waals surface area contributed by atoms with Crippen LogP contribution in [0.3, 0.4) is 0 Å². The van der Waals surface area contributed by atoms with E-state index in [-0.39, 0.29) is 17.1 Å². The van der Waals surface area contributed by atoms with Crippen LogP contribution in [0.5, 0.6) is 17.2 Å². The Morgan fingerprint density at radius 3 is 2.13 bits per heavy atom. The van der Waals surface area contributed by atoms with Crippen molar-refractivity contribution in [1.29, 1.82) is 0 Å². The van der Waals surface area contributed by atoms with Crippen molar-refractivity contribution in [2.75, 3.05) is 21.3 Å². The molecule has 0 radical (unpaired) electrons. The number of allylic oxidation sites excluding steroid dienone is 1. The van der Waals surface area contributed by atoms with Crippen LogP contribution in [-0.2, 0) is 11.2 Å². The van der Waals surface area contributed by atoms with Crippen LogP contribution in [0.1, 0.15) is 88.3 Å². The van der Waals surface area contributed by atoms with Crippen molar-refractivity contribution >= 4 is 34.3 Å². The molecule has 1 aliphatic carbocycles. The summed E-state index contributed by atoms with van der Waals surface area (Å²) in [6, 6.07) is 15.3. The summed E-state index contributed by atoms with van der Waals surface area (Å²) in [5.41, 5.74) is 8.10. The van der Waals surface area contributed by atoms with Gasteiger partial charge in [-0.1, -0.05) is 45.0 Å². The molecule has 7 nitrogen and oxygen atoms in total. The molecular weight excluding hydrogens is 590 g/mol. The molecule has 246 valence electrons. The van der Waals surface area contributed by atoms with Crippen molar-refractivity contribution in [3.05, 3.63) is 93.2 Å². The van der Waals surface area contributed by atoms with E-state index in [9.17, 15) is 9.59 Å². The monoisotopic (exact) mass is 635 g/mol. The van der Waals surface area contributed by atoms with Gasteiger partial charge in [-0.2, -0.15) is 0 Å². The van der Waals surface area contributed by atoms with E-state index in [1.807, 2.05) is 69.3 Å². The average molecular weight is 636 g/mol. The highest BCUT2D eigenvalue weighted by molar-refractivity contribution is 6.08. The van der Waals surface area contributed by atoms with E-state index in [1.54, 1.807) is 28.3 Å². The predicted octanol–water partition coefficient (Wildman–Crippen LogP) is 8.76. The van der Waals surface area contributed by atoms with Crippen LogP contribution in [0.25, 0.3) is 22.6 Å². The van der Waals surface area contributed by atoms with Crippen molar-refractivity contribution in [2.24, 2.45) is 11.3 Å². The van der Waals surface area contributed by atoms with Crippen molar-refractivity contribution in [2.45, 2.75) is 67.4 Å². The normalized spacial score (nSPS) is 16.0. The van der Waals surface area contributed by atoms with Crippen molar-refractivity contribution in [3.63, 3.8) is 0 Å². The third kappa shape index (κ3) is 6.62. The quantitative estimate of drug-likeness (QED) is 0.141. The van der Waals surface area contributed by atoms with Crippen LogP contribution in [0, 0.1) is 32.1 Å². The number of pyridine rings is 1. The van der Waals surface area contributed by atoms with E-state index in [0.29, 0.717) is 45.7 Å². The van der Waals surface area contributed by atoms with Gasteiger partial charge in [0.1, 0.15) is 0 Å². The summed E-state index contributed by atoms with van der Waals surface area (Å²) in [7, 11) is 4.77. The third-order valence-electron chi connectivity index (χ3n) is 9.43. The Hall–Kier alpha value is -4.65. The number of carbonyl (C=O) groups is 2. The van der Waals surface area contributed by atoms with Gasteiger partial charge in [0.2, 0.25) is 11.5 Å². The lowest BCUT2D eigenvalue weighted by molar-refractivity contribution is 0.0318. The molecule has 4 aromatic rings. The minimum Gasteiger partial charge on any atom is -0.493 e. The van der Waals surface area contributed by atoms with E-state index in [1.165, 1.54) is 0 Å². The molecule has 1 aliphatic rings. The summed E-state index contributed by atoms with van der Waals surface area (Å²) in [4.78, 5) is 33.0. The summed E-state index contributed by atoms with van der Waals surface area (Å²) in [5.74, 6) is 1.08. The Morgan fingerprint density at radius 1 is 0.872 bits per heavy atom. The molecule has 0 unspecified atom stereocenters. The summed E-state index contributed by atoms with van der Waals surface area (Å²) in [6.07, 6.45) is 2.52. The minimum atomic E-state index is -0.970. The minimum absolute atomic E-state index is 0.0665. The van der Waals surface area contributed by atoms with Crippen molar-refractivity contribution in [1.82, 2.24) is 4.98 Å². The molecule has 0 fully saturated rings. The Bertz CT molecular complexity index is 1870. The molecule has 47 heavy (non-hydrogen) atoms. The zero-order chi connectivity index (χ0) is 34.2. The number of hydrogen-bond donors (Lipinski definition) is 0. The zero-order valence-corrected chi connectivity index (χ0v) is 29.2. The number of methoxy groups -OCH3 is 3. The Labute approximate surface area is 277 Å². The lowest BCUT2D eigenvalue weighted by Gasteiger charge is -2.37. The first-order valence-corrected chi connectivity index (χ1v) is 16.0. The number of ether oxygens (including phenoxy) is 4. The molecule has 0 amide bonds. The van der Waals surface area contributed by atoms with Gasteiger partial charge in [0, 0.05) is 10.9 Å². The van der Waals surface area contributed by atoms with Gasteiger partial charge in [-0.25, -0.2) is 9.78 Å². The number of ketones is 1. The molecule has 0 aliphatic heterocycles. The lowest BCUT2D eigenvalue weighted by Crippen LogP contribution is -2.30. The summed E-state index contributed by atoms with van der Waals surface area (Å²) < 4.78 is 22.8. The van der Waals surface area contributed by atoms with Crippen molar-refractivity contribution in [3.8, 4) is 17.2 Å². The van der Waals surface area contributed by atoms with E-state index in [4.69, 9.17) is 23.9 Å². The van der Waals surface area contributed by atoms with Gasteiger partial charge in [0.05, 0.1) is 38.1 Å². The van der Waals surface area contributed by atoms with Gasteiger partial charge in [-0.05, 0) is 116 Å². The molecule has 1 aromatic heterocycles. The topological polar surface area (TPSA) is 84.0 Å². The third-order valence-corrected chi connectivity index (χ3v) is 9.43. The predicted molar refractivity (Wildman–Crippen MR) is 187 cm³/mol. The van der Waals surface area contributed by atoms with E-state index in [0.717, 1.165) is 45.5 Å². The largest absolute Gasteiger partial charge is 0.493 e. The molecule has 0 saturated carbocycles. The molecule has 3 aromatic carbocycles. The molecule has 2 atom stereocenters. The first-order valence-electron chi connectivity index (χ1n) is 16.0. The molecule has 0 spiro atoms. The second-order valence-corrected chi connectivity index (χ2v) is 13.6. The fourth-order valence-corrected chi connectivity index (χ4v) is 6.47. The highest BCUT2D eigenvalue weighted by Gasteiger charge is 2.36. The summed E-state index contributed by atoms with van der Waals surface area (Å²) in [5, 5.41) is 0.708. The Balaban J connectivity index is 1.65. The number of benzene rings is 3. The summed E-state index contributed by atoms with van der Waals surface area (Å²) in [6.45, 7) is 14.2. The van der Waals surface area contributed by atoms with Crippen LogP contribution in [0.15, 0.2) is 48.5 Å². The van der Waals surface area contributed by atoms with Gasteiger partial charge in [-0.15, -0.1) is 0 Å². The van der Waals surface area contributed by atoms with E-state index >= 15 is 0 Å². The van der Waals surface area contributed by atoms with Gasteiger partial charge in [-0.3, -0.25) is 4.79 Å². The number of nitrogens with zero attached hydrogens (tertiary/aromatic N) is 1. The molecule has 1 heterocycles. The first-order chi connectivity index (χ1) is 22.3. The second-order valence-electron chi connectivity index (χ2n) is 13.6. The number of aromatic nitrogens is 1. The molecule has 0 bridgehead atoms. The maximum atomic E-state index is 14.3. The fraction of sp³-hybridized carbons (Fsp3) is 0.375. The van der Waals surface area contributed by atoms with Crippen molar-refractivity contribution < 1.29 is 28.5 Å². The zero-order valence-electron chi connectivity index (χ0n) is 29.2. The van der Waals surface area contributed by atoms with Gasteiger partial charge < -0.3 is 18.9 Å². The number of esters is 1. The molecule has 0 N–H and O–H groups in total. The van der Waals surface area contributed by atoms with Crippen LogP contribution < -0.4 is 14.2 Å².